The number of fused-ring (bicyclic) bond motifs is 1. The zero-order chi connectivity index (χ0) is 15.6. The van der Waals surface area contributed by atoms with Crippen molar-refractivity contribution in [2.45, 2.75) is 12.4 Å². The topological polar surface area (TPSA) is 40.0 Å². The zero-order valence-corrected chi connectivity index (χ0v) is 12.4. The number of nitrogens with zero attached hydrogens (tertiary/aromatic N) is 1. The van der Waals surface area contributed by atoms with E-state index in [9.17, 15) is 4.39 Å². The monoisotopic (exact) mass is 313 g/mol. The standard InChI is InChI=1S/C18H16FNO3/c19-14-8-6-13(7-9-14)18-21-10-15-16(11-22-18)23-20-17(15)12-4-2-1-3-5-12/h1-9,15-16,18H,10-11H2/t15-,16+,18-/m1/s1. The van der Waals surface area contributed by atoms with Gasteiger partial charge < -0.3 is 14.3 Å². The van der Waals surface area contributed by atoms with Crippen molar-refractivity contribution in [2.75, 3.05) is 13.2 Å². The molecule has 1 saturated heterocycles. The van der Waals surface area contributed by atoms with Gasteiger partial charge in [0.25, 0.3) is 0 Å². The van der Waals surface area contributed by atoms with Crippen molar-refractivity contribution in [1.29, 1.82) is 0 Å². The molecule has 0 amide bonds. The number of halogens is 1. The van der Waals surface area contributed by atoms with Crippen molar-refractivity contribution >= 4 is 5.71 Å². The number of benzene rings is 2. The van der Waals surface area contributed by atoms with Crippen LogP contribution in [0.15, 0.2) is 59.8 Å². The van der Waals surface area contributed by atoms with Gasteiger partial charge in [-0.15, -0.1) is 0 Å². The van der Waals surface area contributed by atoms with Crippen molar-refractivity contribution < 1.29 is 18.7 Å². The third-order valence-electron chi connectivity index (χ3n) is 4.14. The Morgan fingerprint density at radius 2 is 1.65 bits per heavy atom. The highest BCUT2D eigenvalue weighted by Crippen LogP contribution is 2.31. The first-order chi connectivity index (χ1) is 11.3. The molecule has 0 aromatic heterocycles. The van der Waals surface area contributed by atoms with Crippen LogP contribution in [0.2, 0.25) is 0 Å². The highest BCUT2D eigenvalue weighted by Gasteiger charge is 2.39. The van der Waals surface area contributed by atoms with Crippen LogP contribution in [0.3, 0.4) is 0 Å². The molecular weight excluding hydrogens is 297 g/mol. The molecule has 5 heteroatoms. The summed E-state index contributed by atoms with van der Waals surface area (Å²) in [7, 11) is 0. The molecule has 0 N–H and O–H groups in total. The Labute approximate surface area is 133 Å². The predicted molar refractivity (Wildman–Crippen MR) is 82.4 cm³/mol. The molecule has 2 aliphatic rings. The van der Waals surface area contributed by atoms with Gasteiger partial charge in [-0.2, -0.15) is 0 Å². The maximum atomic E-state index is 13.0. The Balaban J connectivity index is 1.52. The van der Waals surface area contributed by atoms with Crippen molar-refractivity contribution in [2.24, 2.45) is 11.1 Å². The van der Waals surface area contributed by atoms with Crippen LogP contribution in [-0.2, 0) is 14.3 Å². The lowest BCUT2D eigenvalue weighted by Crippen LogP contribution is -2.29. The minimum absolute atomic E-state index is 0.0304. The summed E-state index contributed by atoms with van der Waals surface area (Å²) in [5.41, 5.74) is 2.72. The minimum Gasteiger partial charge on any atom is -0.389 e. The molecule has 3 atom stereocenters. The first-order valence-corrected chi connectivity index (χ1v) is 7.59. The quantitative estimate of drug-likeness (QED) is 0.854. The second-order valence-electron chi connectivity index (χ2n) is 5.64. The minimum atomic E-state index is -0.512. The summed E-state index contributed by atoms with van der Waals surface area (Å²) >= 11 is 0. The van der Waals surface area contributed by atoms with Gasteiger partial charge in [0.2, 0.25) is 0 Å². The summed E-state index contributed by atoms with van der Waals surface area (Å²) in [4.78, 5) is 5.53. The van der Waals surface area contributed by atoms with E-state index in [1.54, 1.807) is 12.1 Å². The number of ether oxygens (including phenoxy) is 2. The van der Waals surface area contributed by atoms with E-state index in [4.69, 9.17) is 14.3 Å². The summed E-state index contributed by atoms with van der Waals surface area (Å²) in [6.07, 6.45) is -0.669. The first-order valence-electron chi connectivity index (χ1n) is 7.59. The Kier molecular flexibility index (Phi) is 3.81. The fourth-order valence-corrected chi connectivity index (χ4v) is 2.88. The fourth-order valence-electron chi connectivity index (χ4n) is 2.88. The molecule has 4 nitrogen and oxygen atoms in total. The summed E-state index contributed by atoms with van der Waals surface area (Å²) < 4.78 is 24.7. The van der Waals surface area contributed by atoms with Crippen LogP contribution < -0.4 is 0 Å². The van der Waals surface area contributed by atoms with E-state index in [1.807, 2.05) is 30.3 Å². The molecule has 2 aromatic rings. The Bertz CT molecular complexity index is 702. The highest BCUT2D eigenvalue weighted by molar-refractivity contribution is 6.03. The zero-order valence-electron chi connectivity index (χ0n) is 12.4. The van der Waals surface area contributed by atoms with Crippen molar-refractivity contribution in [3.05, 3.63) is 71.5 Å². The van der Waals surface area contributed by atoms with Gasteiger partial charge in [0.1, 0.15) is 5.82 Å². The Morgan fingerprint density at radius 3 is 2.43 bits per heavy atom. The third kappa shape index (κ3) is 2.85. The number of hydrogen-bond donors (Lipinski definition) is 0. The molecule has 1 fully saturated rings. The van der Waals surface area contributed by atoms with E-state index in [2.05, 4.69) is 5.16 Å². The smallest absolute Gasteiger partial charge is 0.184 e. The van der Waals surface area contributed by atoms with Crippen LogP contribution in [0, 0.1) is 11.7 Å². The van der Waals surface area contributed by atoms with Crippen LogP contribution in [-0.4, -0.2) is 25.0 Å². The lowest BCUT2D eigenvalue weighted by Gasteiger charge is -2.16. The van der Waals surface area contributed by atoms with E-state index >= 15 is 0 Å². The number of rotatable bonds is 2. The molecule has 0 aliphatic carbocycles. The Hall–Kier alpha value is -2.24. The molecule has 0 bridgehead atoms. The SMILES string of the molecule is Fc1ccc([C@H]2OC[C@@H]3ON=C(c4ccccc4)[C@@H]3CO2)cc1. The van der Waals surface area contributed by atoms with Crippen molar-refractivity contribution in [3.8, 4) is 0 Å². The van der Waals surface area contributed by atoms with Gasteiger partial charge in [-0.05, 0) is 17.7 Å². The fraction of sp³-hybridized carbons (Fsp3) is 0.278. The van der Waals surface area contributed by atoms with E-state index in [1.165, 1.54) is 12.1 Å². The number of oxime groups is 1. The van der Waals surface area contributed by atoms with Crippen LogP contribution >= 0.6 is 0 Å². The summed E-state index contributed by atoms with van der Waals surface area (Å²) in [5.74, 6) is -0.246. The molecule has 2 heterocycles. The summed E-state index contributed by atoms with van der Waals surface area (Å²) in [5, 5.41) is 4.21. The van der Waals surface area contributed by atoms with Crippen LogP contribution in [0.5, 0.6) is 0 Å². The van der Waals surface area contributed by atoms with E-state index < -0.39 is 6.29 Å². The second-order valence-corrected chi connectivity index (χ2v) is 5.64. The van der Waals surface area contributed by atoms with E-state index in [0.717, 1.165) is 16.8 Å². The van der Waals surface area contributed by atoms with Crippen molar-refractivity contribution in [1.82, 2.24) is 0 Å². The third-order valence-corrected chi connectivity index (χ3v) is 4.14. The largest absolute Gasteiger partial charge is 0.389 e. The average molecular weight is 313 g/mol. The average Bonchev–Trinajstić information content (AvgIpc) is 2.88. The molecule has 0 spiro atoms. The van der Waals surface area contributed by atoms with Gasteiger partial charge in [-0.25, -0.2) is 4.39 Å². The molecule has 2 aliphatic heterocycles. The van der Waals surface area contributed by atoms with Gasteiger partial charge >= 0.3 is 0 Å². The van der Waals surface area contributed by atoms with E-state index in [-0.39, 0.29) is 17.8 Å². The maximum absolute atomic E-state index is 13.0. The molecule has 118 valence electrons. The normalized spacial score (nSPS) is 26.8. The van der Waals surface area contributed by atoms with Gasteiger partial charge in [-0.1, -0.05) is 47.6 Å². The summed E-state index contributed by atoms with van der Waals surface area (Å²) in [6, 6.07) is 16.1. The van der Waals surface area contributed by atoms with Crippen LogP contribution in [0.4, 0.5) is 4.39 Å². The molecule has 0 saturated carbocycles. The van der Waals surface area contributed by atoms with Gasteiger partial charge in [0.15, 0.2) is 12.4 Å². The Morgan fingerprint density at radius 1 is 0.913 bits per heavy atom. The van der Waals surface area contributed by atoms with Crippen LogP contribution in [0.25, 0.3) is 0 Å². The maximum Gasteiger partial charge on any atom is 0.184 e. The summed E-state index contributed by atoms with van der Waals surface area (Å²) in [6.45, 7) is 0.826. The van der Waals surface area contributed by atoms with Gasteiger partial charge in [0, 0.05) is 5.56 Å². The molecule has 2 aromatic carbocycles. The second kappa shape index (κ2) is 6.10. The molecule has 0 unspecified atom stereocenters. The lowest BCUT2D eigenvalue weighted by molar-refractivity contribution is -0.139. The van der Waals surface area contributed by atoms with Gasteiger partial charge in [0.05, 0.1) is 24.8 Å². The van der Waals surface area contributed by atoms with Crippen LogP contribution in [0.1, 0.15) is 17.4 Å². The molecule has 0 radical (unpaired) electrons. The molecule has 4 rings (SSSR count). The van der Waals surface area contributed by atoms with Crippen molar-refractivity contribution in [3.63, 3.8) is 0 Å². The predicted octanol–water partition coefficient (Wildman–Crippen LogP) is 3.29. The first kappa shape index (κ1) is 14.4. The lowest BCUT2D eigenvalue weighted by atomic mass is 9.93. The molecule has 23 heavy (non-hydrogen) atoms. The highest BCUT2D eigenvalue weighted by atomic mass is 19.1. The van der Waals surface area contributed by atoms with Gasteiger partial charge in [-0.3, -0.25) is 0 Å². The van der Waals surface area contributed by atoms with E-state index in [0.29, 0.717) is 13.2 Å². The number of hydrogen-bond acceptors (Lipinski definition) is 4. The molecular formula is C18H16FNO3.